The van der Waals surface area contributed by atoms with Gasteiger partial charge in [-0.2, -0.15) is 0 Å². The summed E-state index contributed by atoms with van der Waals surface area (Å²) >= 11 is 0. The minimum atomic E-state index is -0.830. The number of halogens is 1. The summed E-state index contributed by atoms with van der Waals surface area (Å²) in [5.41, 5.74) is 0.515. The van der Waals surface area contributed by atoms with Crippen molar-refractivity contribution < 1.29 is 19.3 Å². The molecule has 0 aliphatic rings. The van der Waals surface area contributed by atoms with E-state index in [-0.39, 0.29) is 18.8 Å². The molecule has 2 N–H and O–H groups in total. The molecule has 1 atom stereocenters. The molecule has 3 nitrogen and oxygen atoms in total. The quantitative estimate of drug-likeness (QED) is 0.870. The monoisotopic (exact) mass is 262 g/mol. The van der Waals surface area contributed by atoms with Gasteiger partial charge in [0.1, 0.15) is 5.75 Å². The maximum atomic E-state index is 13.6. The fourth-order valence-electron chi connectivity index (χ4n) is 1.71. The minimum Gasteiger partial charge on any atom is -0.454 e. The fourth-order valence-corrected chi connectivity index (χ4v) is 1.71. The highest BCUT2D eigenvalue weighted by Gasteiger charge is 2.11. The van der Waals surface area contributed by atoms with Crippen LogP contribution in [-0.2, 0) is 0 Å². The molecule has 1 unspecified atom stereocenters. The first-order valence-corrected chi connectivity index (χ1v) is 6.02. The van der Waals surface area contributed by atoms with Crippen molar-refractivity contribution in [2.24, 2.45) is 0 Å². The number of para-hydroxylation sites is 1. The highest BCUT2D eigenvalue weighted by molar-refractivity contribution is 5.35. The van der Waals surface area contributed by atoms with E-state index < -0.39 is 11.9 Å². The van der Waals surface area contributed by atoms with Crippen LogP contribution in [0.5, 0.6) is 11.5 Å². The molecule has 19 heavy (non-hydrogen) atoms. The number of aliphatic hydroxyl groups excluding tert-OH is 2. The van der Waals surface area contributed by atoms with Gasteiger partial charge in [-0.25, -0.2) is 4.39 Å². The molecule has 0 radical (unpaired) electrons. The molecule has 0 bridgehead atoms. The second kappa shape index (κ2) is 6.31. The zero-order valence-electron chi connectivity index (χ0n) is 10.3. The SMILES string of the molecule is OCCC(O)c1ccc(F)c(Oc2ccccc2)c1. The molecule has 0 aliphatic heterocycles. The molecular weight excluding hydrogens is 247 g/mol. The Kier molecular flexibility index (Phi) is 4.49. The lowest BCUT2D eigenvalue weighted by atomic mass is 10.1. The second-order valence-electron chi connectivity index (χ2n) is 4.13. The third-order valence-corrected chi connectivity index (χ3v) is 2.71. The Labute approximate surface area is 110 Å². The smallest absolute Gasteiger partial charge is 0.165 e. The molecule has 0 spiro atoms. The second-order valence-corrected chi connectivity index (χ2v) is 4.13. The molecule has 0 fully saturated rings. The Morgan fingerprint density at radius 1 is 1.11 bits per heavy atom. The summed E-state index contributed by atoms with van der Waals surface area (Å²) in [7, 11) is 0. The normalized spacial score (nSPS) is 12.2. The van der Waals surface area contributed by atoms with Gasteiger partial charge in [-0.3, -0.25) is 0 Å². The van der Waals surface area contributed by atoms with Gasteiger partial charge in [-0.1, -0.05) is 24.3 Å². The molecule has 0 aromatic heterocycles. The molecule has 0 saturated carbocycles. The van der Waals surface area contributed by atoms with Crippen molar-refractivity contribution in [3.05, 3.63) is 59.9 Å². The zero-order valence-corrected chi connectivity index (χ0v) is 10.3. The van der Waals surface area contributed by atoms with Gasteiger partial charge in [0.15, 0.2) is 11.6 Å². The van der Waals surface area contributed by atoms with Crippen LogP contribution < -0.4 is 4.74 Å². The Bertz CT molecular complexity index is 528. The van der Waals surface area contributed by atoms with E-state index in [1.54, 1.807) is 24.3 Å². The number of aliphatic hydroxyl groups is 2. The maximum absolute atomic E-state index is 13.6. The van der Waals surface area contributed by atoms with E-state index in [4.69, 9.17) is 9.84 Å². The number of hydrogen-bond acceptors (Lipinski definition) is 3. The highest BCUT2D eigenvalue weighted by atomic mass is 19.1. The number of benzene rings is 2. The summed E-state index contributed by atoms with van der Waals surface area (Å²) < 4.78 is 19.1. The Hall–Kier alpha value is -1.91. The first kappa shape index (κ1) is 13.5. The van der Waals surface area contributed by atoms with Crippen molar-refractivity contribution in [1.82, 2.24) is 0 Å². The molecule has 2 aromatic rings. The van der Waals surface area contributed by atoms with Gasteiger partial charge in [0.05, 0.1) is 6.10 Å². The lowest BCUT2D eigenvalue weighted by Crippen LogP contribution is -2.01. The van der Waals surface area contributed by atoms with Crippen molar-refractivity contribution in [3.63, 3.8) is 0 Å². The molecule has 2 aromatic carbocycles. The molecule has 4 heteroatoms. The lowest BCUT2D eigenvalue weighted by molar-refractivity contribution is 0.134. The molecule has 0 amide bonds. The van der Waals surface area contributed by atoms with Crippen molar-refractivity contribution in [2.45, 2.75) is 12.5 Å². The molecule has 0 saturated heterocycles. The number of rotatable bonds is 5. The highest BCUT2D eigenvalue weighted by Crippen LogP contribution is 2.28. The Morgan fingerprint density at radius 2 is 1.84 bits per heavy atom. The van der Waals surface area contributed by atoms with E-state index in [1.165, 1.54) is 18.2 Å². The average Bonchev–Trinajstić information content (AvgIpc) is 2.42. The summed E-state index contributed by atoms with van der Waals surface area (Å²) in [5.74, 6) is 0.0830. The standard InChI is InChI=1S/C15H15FO3/c16-13-7-6-11(14(18)8-9-17)10-15(13)19-12-4-2-1-3-5-12/h1-7,10,14,17-18H,8-9H2. The van der Waals surface area contributed by atoms with Crippen LogP contribution in [0.25, 0.3) is 0 Å². The van der Waals surface area contributed by atoms with Gasteiger partial charge in [0.25, 0.3) is 0 Å². The van der Waals surface area contributed by atoms with Gasteiger partial charge in [0.2, 0.25) is 0 Å². The van der Waals surface area contributed by atoms with Crippen molar-refractivity contribution in [1.29, 1.82) is 0 Å². The van der Waals surface area contributed by atoms with E-state index in [0.717, 1.165) is 0 Å². The topological polar surface area (TPSA) is 49.7 Å². The summed E-state index contributed by atoms with van der Waals surface area (Å²) in [6, 6.07) is 13.0. The van der Waals surface area contributed by atoms with Crippen LogP contribution in [0.1, 0.15) is 18.1 Å². The van der Waals surface area contributed by atoms with Crippen LogP contribution in [0.15, 0.2) is 48.5 Å². The van der Waals surface area contributed by atoms with E-state index >= 15 is 0 Å². The Morgan fingerprint density at radius 3 is 2.53 bits per heavy atom. The van der Waals surface area contributed by atoms with Gasteiger partial charge in [-0.05, 0) is 29.8 Å². The number of ether oxygens (including phenoxy) is 1. The third kappa shape index (κ3) is 3.53. The van der Waals surface area contributed by atoms with Crippen molar-refractivity contribution in [3.8, 4) is 11.5 Å². The van der Waals surface area contributed by atoms with Crippen LogP contribution in [0.3, 0.4) is 0 Å². The van der Waals surface area contributed by atoms with Crippen molar-refractivity contribution >= 4 is 0 Å². The van der Waals surface area contributed by atoms with Gasteiger partial charge in [-0.15, -0.1) is 0 Å². The summed E-state index contributed by atoms with van der Waals surface area (Å²) in [4.78, 5) is 0. The average molecular weight is 262 g/mol. The van der Waals surface area contributed by atoms with Crippen LogP contribution in [0, 0.1) is 5.82 Å². The molecule has 100 valence electrons. The minimum absolute atomic E-state index is 0.0562. The van der Waals surface area contributed by atoms with Crippen LogP contribution >= 0.6 is 0 Å². The zero-order chi connectivity index (χ0) is 13.7. The van der Waals surface area contributed by atoms with Gasteiger partial charge < -0.3 is 14.9 Å². The van der Waals surface area contributed by atoms with Crippen LogP contribution in [0.2, 0.25) is 0 Å². The predicted molar refractivity (Wildman–Crippen MR) is 69.6 cm³/mol. The van der Waals surface area contributed by atoms with E-state index in [0.29, 0.717) is 11.3 Å². The summed E-state index contributed by atoms with van der Waals surface area (Å²) in [6.07, 6.45) is -0.625. The lowest BCUT2D eigenvalue weighted by Gasteiger charge is -2.12. The molecular formula is C15H15FO3. The van der Waals surface area contributed by atoms with E-state index in [1.807, 2.05) is 6.07 Å². The van der Waals surface area contributed by atoms with Crippen LogP contribution in [-0.4, -0.2) is 16.8 Å². The first-order valence-electron chi connectivity index (χ1n) is 6.02. The van der Waals surface area contributed by atoms with Crippen LogP contribution in [0.4, 0.5) is 4.39 Å². The van der Waals surface area contributed by atoms with Gasteiger partial charge >= 0.3 is 0 Å². The van der Waals surface area contributed by atoms with E-state index in [2.05, 4.69) is 0 Å². The molecule has 2 rings (SSSR count). The summed E-state index contributed by atoms with van der Waals surface area (Å²) in [6.45, 7) is -0.132. The fraction of sp³-hybridized carbons (Fsp3) is 0.200. The summed E-state index contributed by atoms with van der Waals surface area (Å²) in [5, 5.41) is 18.6. The molecule has 0 heterocycles. The predicted octanol–water partition coefficient (Wildman–Crippen LogP) is 3.03. The molecule has 0 aliphatic carbocycles. The third-order valence-electron chi connectivity index (χ3n) is 2.71. The van der Waals surface area contributed by atoms with Crippen molar-refractivity contribution in [2.75, 3.05) is 6.61 Å². The maximum Gasteiger partial charge on any atom is 0.165 e. The number of hydrogen-bond donors (Lipinski definition) is 2. The first-order chi connectivity index (χ1) is 9.20. The largest absolute Gasteiger partial charge is 0.454 e. The Balaban J connectivity index is 2.22. The van der Waals surface area contributed by atoms with Gasteiger partial charge in [0, 0.05) is 13.0 Å². The van der Waals surface area contributed by atoms with E-state index in [9.17, 15) is 9.50 Å².